The van der Waals surface area contributed by atoms with Gasteiger partial charge in [0.05, 0.1) is 6.54 Å². The van der Waals surface area contributed by atoms with Gasteiger partial charge in [0.1, 0.15) is 12.4 Å². The molecule has 0 radical (unpaired) electrons. The van der Waals surface area contributed by atoms with Crippen molar-refractivity contribution in [2.24, 2.45) is 10.9 Å². The van der Waals surface area contributed by atoms with Crippen molar-refractivity contribution in [3.05, 3.63) is 29.8 Å². The largest absolute Gasteiger partial charge is 0.492 e. The number of aliphatic imine (C=N–C) groups is 1. The van der Waals surface area contributed by atoms with E-state index in [0.29, 0.717) is 25.1 Å². The highest BCUT2D eigenvalue weighted by molar-refractivity contribution is 14.0. The summed E-state index contributed by atoms with van der Waals surface area (Å²) in [6.07, 6.45) is 0. The Hall–Kier alpha value is -1.06. The SMILES string of the molecule is CN=C(NCCOc1ccc(C)cc1)NCC(C(C)C)N1CCN(C)CC1.I. The van der Waals surface area contributed by atoms with Crippen molar-refractivity contribution in [2.45, 2.75) is 26.8 Å². The minimum Gasteiger partial charge on any atom is -0.492 e. The fourth-order valence-electron chi connectivity index (χ4n) is 3.33. The van der Waals surface area contributed by atoms with Gasteiger partial charge in [0.25, 0.3) is 0 Å². The number of nitrogens with zero attached hydrogens (tertiary/aromatic N) is 3. The van der Waals surface area contributed by atoms with Crippen LogP contribution in [-0.4, -0.2) is 81.8 Å². The van der Waals surface area contributed by atoms with E-state index in [1.165, 1.54) is 5.56 Å². The number of hydrogen-bond donors (Lipinski definition) is 2. The molecule has 0 aromatic heterocycles. The lowest BCUT2D eigenvalue weighted by Gasteiger charge is -2.40. The lowest BCUT2D eigenvalue weighted by Crippen LogP contribution is -2.55. The fraction of sp³-hybridized carbons (Fsp3) is 0.667. The highest BCUT2D eigenvalue weighted by atomic mass is 127. The molecule has 1 aliphatic heterocycles. The van der Waals surface area contributed by atoms with Gasteiger partial charge in [-0.1, -0.05) is 31.5 Å². The number of piperazine rings is 1. The van der Waals surface area contributed by atoms with Crippen LogP contribution in [0.5, 0.6) is 5.75 Å². The molecule has 1 atom stereocenters. The minimum atomic E-state index is 0. The van der Waals surface area contributed by atoms with Crippen LogP contribution in [0.15, 0.2) is 29.3 Å². The van der Waals surface area contributed by atoms with Crippen LogP contribution in [-0.2, 0) is 0 Å². The molecule has 0 bridgehead atoms. The van der Waals surface area contributed by atoms with Crippen LogP contribution in [0.3, 0.4) is 0 Å². The van der Waals surface area contributed by atoms with Gasteiger partial charge in [0.2, 0.25) is 0 Å². The molecule has 1 aromatic carbocycles. The number of guanidine groups is 1. The molecule has 1 aliphatic rings. The Balaban J connectivity index is 0.00000392. The second-order valence-corrected chi connectivity index (χ2v) is 7.69. The first kappa shape index (κ1) is 25.0. The van der Waals surface area contributed by atoms with Gasteiger partial charge in [-0.15, -0.1) is 24.0 Å². The van der Waals surface area contributed by atoms with E-state index in [2.05, 4.69) is 65.4 Å². The maximum absolute atomic E-state index is 5.77. The monoisotopic (exact) mass is 503 g/mol. The lowest BCUT2D eigenvalue weighted by atomic mass is 10.0. The number of ether oxygens (including phenoxy) is 1. The molecule has 2 rings (SSSR count). The van der Waals surface area contributed by atoms with E-state index < -0.39 is 0 Å². The first-order valence-corrected chi connectivity index (χ1v) is 10.1. The van der Waals surface area contributed by atoms with E-state index in [1.54, 1.807) is 0 Å². The number of aryl methyl sites for hydroxylation is 1. The summed E-state index contributed by atoms with van der Waals surface area (Å²) in [6.45, 7) is 13.5. The molecule has 1 aromatic rings. The highest BCUT2D eigenvalue weighted by Gasteiger charge is 2.24. The quantitative estimate of drug-likeness (QED) is 0.247. The summed E-state index contributed by atoms with van der Waals surface area (Å²) in [5.74, 6) is 2.34. The van der Waals surface area contributed by atoms with Crippen LogP contribution in [0.2, 0.25) is 0 Å². The number of benzene rings is 1. The van der Waals surface area contributed by atoms with Crippen LogP contribution in [0.25, 0.3) is 0 Å². The van der Waals surface area contributed by atoms with Crippen LogP contribution in [0.4, 0.5) is 0 Å². The maximum Gasteiger partial charge on any atom is 0.191 e. The van der Waals surface area contributed by atoms with Crippen molar-refractivity contribution in [1.82, 2.24) is 20.4 Å². The zero-order valence-electron chi connectivity index (χ0n) is 18.1. The van der Waals surface area contributed by atoms with E-state index in [-0.39, 0.29) is 24.0 Å². The molecule has 1 unspecified atom stereocenters. The summed E-state index contributed by atoms with van der Waals surface area (Å²) in [4.78, 5) is 9.35. The van der Waals surface area contributed by atoms with Crippen LogP contribution < -0.4 is 15.4 Å². The van der Waals surface area contributed by atoms with Gasteiger partial charge in [-0.3, -0.25) is 9.89 Å². The molecule has 7 heteroatoms. The molecule has 160 valence electrons. The molecule has 1 saturated heterocycles. The summed E-state index contributed by atoms with van der Waals surface area (Å²) < 4.78 is 5.77. The first-order chi connectivity index (χ1) is 13.0. The Morgan fingerprint density at radius 2 is 1.75 bits per heavy atom. The van der Waals surface area contributed by atoms with Crippen LogP contribution in [0, 0.1) is 12.8 Å². The van der Waals surface area contributed by atoms with Gasteiger partial charge in [-0.2, -0.15) is 0 Å². The van der Waals surface area contributed by atoms with Gasteiger partial charge < -0.3 is 20.3 Å². The average molecular weight is 503 g/mol. The fourth-order valence-corrected chi connectivity index (χ4v) is 3.33. The van der Waals surface area contributed by atoms with E-state index >= 15 is 0 Å². The average Bonchev–Trinajstić information content (AvgIpc) is 2.66. The minimum absolute atomic E-state index is 0. The van der Waals surface area contributed by atoms with Crippen molar-refractivity contribution in [3.63, 3.8) is 0 Å². The molecular formula is C21H38IN5O. The molecule has 1 fully saturated rings. The smallest absolute Gasteiger partial charge is 0.191 e. The summed E-state index contributed by atoms with van der Waals surface area (Å²) >= 11 is 0. The van der Waals surface area contributed by atoms with Crippen molar-refractivity contribution >= 4 is 29.9 Å². The summed E-state index contributed by atoms with van der Waals surface area (Å²) in [5.41, 5.74) is 1.24. The summed E-state index contributed by atoms with van der Waals surface area (Å²) in [7, 11) is 4.01. The zero-order valence-corrected chi connectivity index (χ0v) is 20.4. The van der Waals surface area contributed by atoms with Gasteiger partial charge in [-0.05, 0) is 32.0 Å². The van der Waals surface area contributed by atoms with E-state index in [1.807, 2.05) is 19.2 Å². The number of hydrogen-bond acceptors (Lipinski definition) is 4. The van der Waals surface area contributed by atoms with Crippen LogP contribution >= 0.6 is 24.0 Å². The van der Waals surface area contributed by atoms with E-state index in [9.17, 15) is 0 Å². The topological polar surface area (TPSA) is 52.1 Å². The number of rotatable bonds is 8. The summed E-state index contributed by atoms with van der Waals surface area (Å²) in [5, 5.41) is 6.84. The van der Waals surface area contributed by atoms with Gasteiger partial charge >= 0.3 is 0 Å². The Kier molecular flexibility index (Phi) is 11.8. The molecule has 6 nitrogen and oxygen atoms in total. The van der Waals surface area contributed by atoms with Crippen molar-refractivity contribution in [3.8, 4) is 5.75 Å². The molecule has 0 aliphatic carbocycles. The second kappa shape index (κ2) is 13.2. The molecule has 0 spiro atoms. The Bertz CT molecular complexity index is 571. The van der Waals surface area contributed by atoms with Crippen LogP contribution in [0.1, 0.15) is 19.4 Å². The molecule has 0 amide bonds. The van der Waals surface area contributed by atoms with Gasteiger partial charge in [0.15, 0.2) is 5.96 Å². The molecular weight excluding hydrogens is 465 g/mol. The predicted molar refractivity (Wildman–Crippen MR) is 129 cm³/mol. The molecule has 2 N–H and O–H groups in total. The second-order valence-electron chi connectivity index (χ2n) is 7.69. The first-order valence-electron chi connectivity index (χ1n) is 10.1. The molecule has 1 heterocycles. The number of likely N-dealkylation sites (N-methyl/N-ethyl adjacent to an activating group) is 1. The normalized spacial score (nSPS) is 17.1. The zero-order chi connectivity index (χ0) is 19.6. The van der Waals surface area contributed by atoms with Gasteiger partial charge in [-0.25, -0.2) is 0 Å². The Morgan fingerprint density at radius 1 is 1.11 bits per heavy atom. The number of halogens is 1. The molecule has 28 heavy (non-hydrogen) atoms. The van der Waals surface area contributed by atoms with Crippen molar-refractivity contribution in [2.75, 3.05) is 60.0 Å². The summed E-state index contributed by atoms with van der Waals surface area (Å²) in [6, 6.07) is 8.65. The van der Waals surface area contributed by atoms with E-state index in [4.69, 9.17) is 4.74 Å². The van der Waals surface area contributed by atoms with E-state index in [0.717, 1.165) is 44.4 Å². The van der Waals surface area contributed by atoms with Crippen molar-refractivity contribution < 1.29 is 4.74 Å². The predicted octanol–water partition coefficient (Wildman–Crippen LogP) is 2.43. The lowest BCUT2D eigenvalue weighted by molar-refractivity contribution is 0.0900. The van der Waals surface area contributed by atoms with Gasteiger partial charge in [0, 0.05) is 45.8 Å². The maximum atomic E-state index is 5.77. The third-order valence-corrected chi connectivity index (χ3v) is 5.16. The highest BCUT2D eigenvalue weighted by Crippen LogP contribution is 2.13. The Morgan fingerprint density at radius 3 is 2.32 bits per heavy atom. The third-order valence-electron chi connectivity index (χ3n) is 5.16. The number of nitrogens with one attached hydrogen (secondary N) is 2. The molecule has 0 saturated carbocycles. The standard InChI is InChI=1S/C21H37N5O.HI/c1-17(2)20(26-13-11-25(5)12-14-26)16-24-21(22-4)23-10-15-27-19-8-6-18(3)7-9-19;/h6-9,17,20H,10-16H2,1-5H3,(H2,22,23,24);1H. The van der Waals surface area contributed by atoms with Crippen molar-refractivity contribution in [1.29, 1.82) is 0 Å². The Labute approximate surface area is 188 Å². The third kappa shape index (κ3) is 8.53.